The number of aryl methyl sites for hydroxylation is 1. The number of para-hydroxylation sites is 1. The number of nitrogens with one attached hydrogen (secondary N) is 1. The third-order valence-electron chi connectivity index (χ3n) is 4.90. The lowest BCUT2D eigenvalue weighted by atomic mass is 10.1. The number of nitrogens with zero attached hydrogens (tertiary/aromatic N) is 3. The number of carbonyl (C=O) groups is 1. The molecule has 156 valence electrons. The van der Waals surface area contributed by atoms with Gasteiger partial charge in [0.15, 0.2) is 6.61 Å². The van der Waals surface area contributed by atoms with Crippen LogP contribution in [0.5, 0.6) is 5.75 Å². The van der Waals surface area contributed by atoms with Crippen molar-refractivity contribution in [2.45, 2.75) is 20.0 Å². The summed E-state index contributed by atoms with van der Waals surface area (Å²) in [6, 6.07) is 18.5. The summed E-state index contributed by atoms with van der Waals surface area (Å²) in [6.07, 6.45) is 3.38. The van der Waals surface area contributed by atoms with E-state index in [9.17, 15) is 9.59 Å². The van der Waals surface area contributed by atoms with E-state index in [1.165, 1.54) is 4.68 Å². The van der Waals surface area contributed by atoms with Crippen LogP contribution in [0, 0.1) is 6.92 Å². The summed E-state index contributed by atoms with van der Waals surface area (Å²) in [7, 11) is 0. The highest BCUT2D eigenvalue weighted by Crippen LogP contribution is 2.16. The van der Waals surface area contributed by atoms with Crippen LogP contribution in [0.2, 0.25) is 0 Å². The predicted molar refractivity (Wildman–Crippen MR) is 118 cm³/mol. The van der Waals surface area contributed by atoms with E-state index < -0.39 is 0 Å². The molecule has 1 amide bonds. The molecule has 1 N–H and O–H groups in total. The molecule has 0 saturated carbocycles. The Hall–Kier alpha value is -4.00. The van der Waals surface area contributed by atoms with Crippen LogP contribution in [-0.2, 0) is 17.9 Å². The Morgan fingerprint density at radius 2 is 1.81 bits per heavy atom. The SMILES string of the molecule is Cc1ccccc1OCC(=O)NCc1nn(Cc2cccnc2)c(=O)c2ccccc12. The number of hydrogen-bond donors (Lipinski definition) is 1. The van der Waals surface area contributed by atoms with Gasteiger partial charge in [0.1, 0.15) is 5.75 Å². The Morgan fingerprint density at radius 3 is 2.58 bits per heavy atom. The Labute approximate surface area is 179 Å². The zero-order valence-electron chi connectivity index (χ0n) is 17.1. The summed E-state index contributed by atoms with van der Waals surface area (Å²) < 4.78 is 7.01. The second-order valence-corrected chi connectivity index (χ2v) is 7.15. The molecule has 0 radical (unpaired) electrons. The van der Waals surface area contributed by atoms with Gasteiger partial charge < -0.3 is 10.1 Å². The van der Waals surface area contributed by atoms with Gasteiger partial charge in [0, 0.05) is 17.8 Å². The van der Waals surface area contributed by atoms with E-state index in [1.807, 2.05) is 61.5 Å². The number of amides is 1. The van der Waals surface area contributed by atoms with Crippen molar-refractivity contribution in [1.29, 1.82) is 0 Å². The van der Waals surface area contributed by atoms with Crippen LogP contribution in [0.3, 0.4) is 0 Å². The fourth-order valence-corrected chi connectivity index (χ4v) is 3.30. The molecule has 2 heterocycles. The highest BCUT2D eigenvalue weighted by Gasteiger charge is 2.12. The van der Waals surface area contributed by atoms with E-state index in [-0.39, 0.29) is 24.6 Å². The van der Waals surface area contributed by atoms with E-state index >= 15 is 0 Å². The molecule has 0 fully saturated rings. The number of aromatic nitrogens is 3. The smallest absolute Gasteiger partial charge is 0.274 e. The lowest BCUT2D eigenvalue weighted by Crippen LogP contribution is -2.31. The van der Waals surface area contributed by atoms with Gasteiger partial charge in [-0.05, 0) is 36.2 Å². The van der Waals surface area contributed by atoms with E-state index in [0.717, 1.165) is 16.5 Å². The van der Waals surface area contributed by atoms with Crippen molar-refractivity contribution < 1.29 is 9.53 Å². The normalized spacial score (nSPS) is 10.7. The summed E-state index contributed by atoms with van der Waals surface area (Å²) >= 11 is 0. The molecule has 2 aromatic carbocycles. The van der Waals surface area contributed by atoms with Crippen LogP contribution in [0.15, 0.2) is 77.9 Å². The van der Waals surface area contributed by atoms with Crippen LogP contribution in [-0.4, -0.2) is 27.3 Å². The van der Waals surface area contributed by atoms with E-state index in [1.54, 1.807) is 18.5 Å². The minimum Gasteiger partial charge on any atom is -0.484 e. The molecule has 31 heavy (non-hydrogen) atoms. The molecule has 7 nitrogen and oxygen atoms in total. The molecule has 2 aromatic heterocycles. The van der Waals surface area contributed by atoms with Crippen LogP contribution in [0.4, 0.5) is 0 Å². The lowest BCUT2D eigenvalue weighted by molar-refractivity contribution is -0.123. The van der Waals surface area contributed by atoms with E-state index in [0.29, 0.717) is 23.4 Å². The third kappa shape index (κ3) is 4.78. The molecule has 0 spiro atoms. The monoisotopic (exact) mass is 414 g/mol. The molecule has 0 saturated heterocycles. The molecule has 0 atom stereocenters. The highest BCUT2D eigenvalue weighted by atomic mass is 16.5. The van der Waals surface area contributed by atoms with E-state index in [4.69, 9.17) is 4.74 Å². The largest absolute Gasteiger partial charge is 0.484 e. The summed E-state index contributed by atoms with van der Waals surface area (Å²) in [6.45, 7) is 2.31. The summed E-state index contributed by atoms with van der Waals surface area (Å²) in [5.41, 5.74) is 2.26. The number of rotatable bonds is 7. The van der Waals surface area contributed by atoms with Crippen molar-refractivity contribution in [2.75, 3.05) is 6.61 Å². The van der Waals surface area contributed by atoms with Gasteiger partial charge >= 0.3 is 0 Å². The maximum atomic E-state index is 12.9. The average Bonchev–Trinajstić information content (AvgIpc) is 2.80. The first-order chi connectivity index (χ1) is 15.1. The molecule has 4 aromatic rings. The van der Waals surface area contributed by atoms with Crippen LogP contribution < -0.4 is 15.6 Å². The predicted octanol–water partition coefficient (Wildman–Crippen LogP) is 2.84. The fourth-order valence-electron chi connectivity index (χ4n) is 3.30. The summed E-state index contributed by atoms with van der Waals surface area (Å²) in [4.78, 5) is 29.3. The Bertz CT molecular complexity index is 1270. The minimum atomic E-state index is -0.265. The lowest BCUT2D eigenvalue weighted by Gasteiger charge is -2.12. The molecule has 4 rings (SSSR count). The number of pyridine rings is 1. The zero-order valence-corrected chi connectivity index (χ0v) is 17.1. The van der Waals surface area contributed by atoms with Crippen molar-refractivity contribution in [3.8, 4) is 5.75 Å². The van der Waals surface area contributed by atoms with Crippen molar-refractivity contribution in [3.05, 3.63) is 100 Å². The Balaban J connectivity index is 1.52. The average molecular weight is 414 g/mol. The fraction of sp³-hybridized carbons (Fsp3) is 0.167. The standard InChI is InChI=1S/C24H22N4O3/c1-17-7-2-5-11-22(17)31-16-23(29)26-14-21-19-9-3-4-10-20(19)24(30)28(27-21)15-18-8-6-12-25-13-18/h2-13H,14-16H2,1H3,(H,26,29). The topological polar surface area (TPSA) is 86.1 Å². The van der Waals surface area contributed by atoms with Crippen LogP contribution in [0.1, 0.15) is 16.8 Å². The van der Waals surface area contributed by atoms with Gasteiger partial charge in [0.2, 0.25) is 0 Å². The maximum Gasteiger partial charge on any atom is 0.274 e. The van der Waals surface area contributed by atoms with Gasteiger partial charge in [-0.3, -0.25) is 14.6 Å². The highest BCUT2D eigenvalue weighted by molar-refractivity contribution is 5.84. The van der Waals surface area contributed by atoms with Gasteiger partial charge in [-0.2, -0.15) is 5.10 Å². The van der Waals surface area contributed by atoms with Crippen molar-refractivity contribution in [1.82, 2.24) is 20.1 Å². The quantitative estimate of drug-likeness (QED) is 0.503. The van der Waals surface area contributed by atoms with E-state index in [2.05, 4.69) is 15.4 Å². The van der Waals surface area contributed by atoms with Gasteiger partial charge in [-0.25, -0.2) is 4.68 Å². The Kier molecular flexibility index (Phi) is 6.03. The van der Waals surface area contributed by atoms with Crippen LogP contribution in [0.25, 0.3) is 10.8 Å². The number of benzene rings is 2. The molecular weight excluding hydrogens is 392 g/mol. The van der Waals surface area contributed by atoms with Gasteiger partial charge in [-0.1, -0.05) is 42.5 Å². The second kappa shape index (κ2) is 9.21. The molecule has 0 aliphatic rings. The van der Waals surface area contributed by atoms with Crippen molar-refractivity contribution >= 4 is 16.7 Å². The molecule has 0 aliphatic carbocycles. The number of hydrogen-bond acceptors (Lipinski definition) is 5. The maximum absolute atomic E-state index is 12.9. The summed E-state index contributed by atoms with van der Waals surface area (Å²) in [5.74, 6) is 0.408. The first kappa shape index (κ1) is 20.3. The number of ether oxygens (including phenoxy) is 1. The Morgan fingerprint density at radius 1 is 1.03 bits per heavy atom. The molecule has 0 aliphatic heterocycles. The van der Waals surface area contributed by atoms with Crippen molar-refractivity contribution in [3.63, 3.8) is 0 Å². The molecule has 7 heteroatoms. The van der Waals surface area contributed by atoms with Crippen molar-refractivity contribution in [2.24, 2.45) is 0 Å². The first-order valence-electron chi connectivity index (χ1n) is 9.94. The molecular formula is C24H22N4O3. The minimum absolute atomic E-state index is 0.0991. The number of fused-ring (bicyclic) bond motifs is 1. The summed E-state index contributed by atoms with van der Waals surface area (Å²) in [5, 5.41) is 8.63. The van der Waals surface area contributed by atoms with Gasteiger partial charge in [0.25, 0.3) is 11.5 Å². The second-order valence-electron chi connectivity index (χ2n) is 7.15. The zero-order chi connectivity index (χ0) is 21.6. The number of carbonyl (C=O) groups excluding carboxylic acids is 1. The molecule has 0 bridgehead atoms. The third-order valence-corrected chi connectivity index (χ3v) is 4.90. The van der Waals surface area contributed by atoms with Gasteiger partial charge in [0.05, 0.1) is 24.2 Å². The molecule has 0 unspecified atom stereocenters. The first-order valence-corrected chi connectivity index (χ1v) is 9.94. The van der Waals surface area contributed by atoms with Crippen LogP contribution >= 0.6 is 0 Å². The van der Waals surface area contributed by atoms with Gasteiger partial charge in [-0.15, -0.1) is 0 Å².